The lowest BCUT2D eigenvalue weighted by Gasteiger charge is -2.38. The largest absolute Gasteiger partial charge is 0.494 e. The Kier molecular flexibility index (Phi) is 13.1. The van der Waals surface area contributed by atoms with E-state index in [0.717, 1.165) is 18.5 Å². The zero-order chi connectivity index (χ0) is 42.3. The van der Waals surface area contributed by atoms with Gasteiger partial charge in [0.25, 0.3) is 0 Å². The van der Waals surface area contributed by atoms with Gasteiger partial charge in [0, 0.05) is 64.1 Å². The summed E-state index contributed by atoms with van der Waals surface area (Å²) in [4.78, 5) is 65.6. The number of hydrogen-bond donors (Lipinski definition) is 4. The van der Waals surface area contributed by atoms with E-state index < -0.39 is 18.0 Å². The summed E-state index contributed by atoms with van der Waals surface area (Å²) < 4.78 is 26.5. The second-order valence-electron chi connectivity index (χ2n) is 15.1. The smallest absolute Gasteiger partial charge is 0.414 e. The maximum atomic E-state index is 15.2. The van der Waals surface area contributed by atoms with Crippen molar-refractivity contribution in [3.8, 4) is 11.5 Å². The molecule has 16 nitrogen and oxygen atoms in total. The van der Waals surface area contributed by atoms with Crippen molar-refractivity contribution in [1.82, 2.24) is 30.0 Å². The van der Waals surface area contributed by atoms with Gasteiger partial charge in [-0.05, 0) is 80.2 Å². The van der Waals surface area contributed by atoms with Crippen LogP contribution in [0, 0.1) is 5.82 Å². The zero-order valence-electron chi connectivity index (χ0n) is 33.7. The fourth-order valence-corrected chi connectivity index (χ4v) is 7.61. The molecular weight excluding hydrogens is 795 g/mol. The second kappa shape index (κ2) is 18.8. The van der Waals surface area contributed by atoms with Crippen molar-refractivity contribution < 1.29 is 33.0 Å². The van der Waals surface area contributed by atoms with Crippen LogP contribution in [-0.4, -0.2) is 122 Å². The molecule has 60 heavy (non-hydrogen) atoms. The lowest BCUT2D eigenvalue weighted by Crippen LogP contribution is -2.51. The maximum absolute atomic E-state index is 15.2. The standard InChI is InChI=1S/C42H48ClFN10O6/c1-51(2)42(58)60-35-7-5-4-6-32(35)47-39-30(43)24-45-41(50-39)48-33-11-9-28(23-36(33)59-3)53-18-20-54(21-19-53)38(56)25-52-16-14-26(15-17-52)29-10-8-27(22-31(29)44)46-34-12-13-37(55)49-40(34)57/h4-11,22-24,26,34,46H,12-21,25H2,1-3H3,(H,49,55,57)(H2,45,47,48,50). The molecular formula is C42H48ClFN10O6. The lowest BCUT2D eigenvalue weighted by atomic mass is 9.89. The molecule has 1 unspecified atom stereocenters. The van der Waals surface area contributed by atoms with Crippen LogP contribution in [0.5, 0.6) is 11.5 Å². The van der Waals surface area contributed by atoms with E-state index in [4.69, 9.17) is 21.1 Å². The summed E-state index contributed by atoms with van der Waals surface area (Å²) >= 11 is 6.45. The number of nitrogens with zero attached hydrogens (tertiary/aromatic N) is 6. The number of piperidine rings is 2. The topological polar surface area (TPSA) is 174 Å². The van der Waals surface area contributed by atoms with Gasteiger partial charge in [0.15, 0.2) is 11.6 Å². The SMILES string of the molecule is COc1cc(N2CCN(C(=O)CN3CCC(c4ccc(NC5CCC(=O)NC5=O)cc4F)CC3)CC2)ccc1Nc1ncc(Cl)c(Nc2ccccc2OC(=O)N(C)C)n1. The van der Waals surface area contributed by atoms with Gasteiger partial charge in [-0.15, -0.1) is 0 Å². The number of rotatable bonds is 12. The van der Waals surface area contributed by atoms with E-state index in [0.29, 0.717) is 92.2 Å². The number of ether oxygens (including phenoxy) is 2. The number of anilines is 6. The summed E-state index contributed by atoms with van der Waals surface area (Å²) in [6, 6.07) is 17.1. The molecule has 0 saturated carbocycles. The molecule has 3 saturated heterocycles. The van der Waals surface area contributed by atoms with Crippen LogP contribution in [-0.2, 0) is 14.4 Å². The normalized spacial score (nSPS) is 17.4. The molecule has 0 aliphatic carbocycles. The van der Waals surface area contributed by atoms with Crippen LogP contribution >= 0.6 is 11.6 Å². The summed E-state index contributed by atoms with van der Waals surface area (Å²) in [6.07, 6.45) is 3.01. The number of nitrogens with one attached hydrogen (secondary N) is 4. The minimum atomic E-state index is -0.576. The highest BCUT2D eigenvalue weighted by Crippen LogP contribution is 2.35. The quantitative estimate of drug-likeness (QED) is 0.131. The van der Waals surface area contributed by atoms with Gasteiger partial charge >= 0.3 is 6.09 Å². The molecule has 7 rings (SSSR count). The molecule has 0 bridgehead atoms. The number of amides is 4. The number of piperazine rings is 1. The fraction of sp³-hybridized carbons (Fsp3) is 0.381. The van der Waals surface area contributed by atoms with Crippen molar-refractivity contribution >= 4 is 69.9 Å². The third kappa shape index (κ3) is 10.1. The molecule has 1 atom stereocenters. The van der Waals surface area contributed by atoms with Crippen molar-refractivity contribution in [3.63, 3.8) is 0 Å². The van der Waals surface area contributed by atoms with Gasteiger partial charge in [-0.25, -0.2) is 14.2 Å². The number of imide groups is 1. The third-order valence-electron chi connectivity index (χ3n) is 10.8. The Morgan fingerprint density at radius 1 is 0.933 bits per heavy atom. The lowest BCUT2D eigenvalue weighted by molar-refractivity contribution is -0.134. The Morgan fingerprint density at radius 3 is 2.40 bits per heavy atom. The van der Waals surface area contributed by atoms with Crippen molar-refractivity contribution in [1.29, 1.82) is 0 Å². The predicted octanol–water partition coefficient (Wildman–Crippen LogP) is 5.57. The van der Waals surface area contributed by atoms with Gasteiger partial charge in [-0.1, -0.05) is 29.8 Å². The highest BCUT2D eigenvalue weighted by molar-refractivity contribution is 6.33. The Hall–Kier alpha value is -6.20. The number of methoxy groups -OCH3 is 1. The average Bonchev–Trinajstić information content (AvgIpc) is 3.24. The van der Waals surface area contributed by atoms with Crippen molar-refractivity contribution in [2.24, 2.45) is 0 Å². The Labute approximate surface area is 352 Å². The number of aromatic nitrogens is 2. The molecule has 4 aromatic rings. The van der Waals surface area contributed by atoms with Crippen LogP contribution < -0.4 is 35.6 Å². The number of para-hydroxylation sites is 2. The van der Waals surface area contributed by atoms with E-state index in [-0.39, 0.29) is 40.9 Å². The Morgan fingerprint density at radius 2 is 1.68 bits per heavy atom. The van der Waals surface area contributed by atoms with E-state index in [9.17, 15) is 19.2 Å². The molecule has 316 valence electrons. The fourth-order valence-electron chi connectivity index (χ4n) is 7.48. The predicted molar refractivity (Wildman–Crippen MR) is 226 cm³/mol. The van der Waals surface area contributed by atoms with Crippen molar-refractivity contribution in [2.45, 2.75) is 37.6 Å². The number of halogens is 2. The highest BCUT2D eigenvalue weighted by Gasteiger charge is 2.29. The summed E-state index contributed by atoms with van der Waals surface area (Å²) in [5, 5.41) is 11.9. The highest BCUT2D eigenvalue weighted by atomic mass is 35.5. The number of carbonyl (C=O) groups excluding carboxylic acids is 4. The Bertz CT molecular complexity index is 2230. The molecule has 3 aliphatic rings. The van der Waals surface area contributed by atoms with Crippen LogP contribution in [0.2, 0.25) is 5.02 Å². The zero-order valence-corrected chi connectivity index (χ0v) is 34.4. The van der Waals surface area contributed by atoms with E-state index in [2.05, 4.69) is 41.0 Å². The molecule has 4 amide bonds. The maximum Gasteiger partial charge on any atom is 0.414 e. The monoisotopic (exact) mass is 842 g/mol. The van der Waals surface area contributed by atoms with E-state index >= 15 is 4.39 Å². The van der Waals surface area contributed by atoms with E-state index in [1.54, 1.807) is 57.6 Å². The molecule has 18 heteroatoms. The van der Waals surface area contributed by atoms with Crippen LogP contribution in [0.25, 0.3) is 0 Å². The first-order chi connectivity index (χ1) is 28.9. The van der Waals surface area contributed by atoms with Gasteiger partial charge in [0.1, 0.15) is 22.6 Å². The number of likely N-dealkylation sites (tertiary alicyclic amines) is 1. The Balaban J connectivity index is 0.886. The molecule has 1 aromatic heterocycles. The molecule has 4 N–H and O–H groups in total. The molecule has 0 spiro atoms. The molecule has 3 aliphatic heterocycles. The van der Waals surface area contributed by atoms with Crippen LogP contribution in [0.4, 0.5) is 43.7 Å². The van der Waals surface area contributed by atoms with Crippen LogP contribution in [0.1, 0.15) is 37.2 Å². The average molecular weight is 843 g/mol. The van der Waals surface area contributed by atoms with Crippen LogP contribution in [0.15, 0.2) is 66.9 Å². The molecule has 0 radical (unpaired) electrons. The van der Waals surface area contributed by atoms with Gasteiger partial charge in [-0.3, -0.25) is 24.6 Å². The number of hydrogen-bond acceptors (Lipinski definition) is 13. The molecule has 3 fully saturated rings. The summed E-state index contributed by atoms with van der Waals surface area (Å²) in [7, 11) is 4.78. The number of carbonyl (C=O) groups is 4. The third-order valence-corrected chi connectivity index (χ3v) is 11.1. The summed E-state index contributed by atoms with van der Waals surface area (Å²) in [6.45, 7) is 4.15. The first-order valence-corrected chi connectivity index (χ1v) is 20.2. The molecule has 4 heterocycles. The van der Waals surface area contributed by atoms with Gasteiger partial charge in [-0.2, -0.15) is 4.98 Å². The van der Waals surface area contributed by atoms with Gasteiger partial charge < -0.3 is 40.1 Å². The summed E-state index contributed by atoms with van der Waals surface area (Å²) in [5.74, 6) is 0.530. The van der Waals surface area contributed by atoms with E-state index in [1.807, 2.05) is 23.1 Å². The second-order valence-corrected chi connectivity index (χ2v) is 15.5. The first kappa shape index (κ1) is 41.9. The minimum absolute atomic E-state index is 0.0343. The minimum Gasteiger partial charge on any atom is -0.494 e. The van der Waals surface area contributed by atoms with Crippen LogP contribution in [0.3, 0.4) is 0 Å². The van der Waals surface area contributed by atoms with E-state index in [1.165, 1.54) is 17.2 Å². The van der Waals surface area contributed by atoms with Gasteiger partial charge in [0.2, 0.25) is 23.7 Å². The number of benzene rings is 3. The van der Waals surface area contributed by atoms with Gasteiger partial charge in [0.05, 0.1) is 31.2 Å². The first-order valence-electron chi connectivity index (χ1n) is 19.8. The molecule has 3 aromatic carbocycles. The van der Waals surface area contributed by atoms with Crippen molar-refractivity contribution in [2.75, 3.05) is 87.9 Å². The summed E-state index contributed by atoms with van der Waals surface area (Å²) in [5.41, 5.74) is 3.21. The van der Waals surface area contributed by atoms with Crippen molar-refractivity contribution in [3.05, 3.63) is 83.3 Å².